The zero-order chi connectivity index (χ0) is 12.3. The van der Waals surface area contributed by atoms with Crippen molar-refractivity contribution in [2.24, 2.45) is 0 Å². The molecule has 2 amide bonds. The molecule has 0 aliphatic carbocycles. The van der Waals surface area contributed by atoms with Crippen LogP contribution in [0.15, 0.2) is 18.2 Å². The van der Waals surface area contributed by atoms with E-state index < -0.39 is 21.6 Å². The number of amides is 2. The third-order valence-electron chi connectivity index (χ3n) is 1.55. The monoisotopic (exact) mass is 245 g/mol. The molecule has 7 heteroatoms. The highest BCUT2D eigenvalue weighted by atomic mass is 32.2. The second-order valence-electron chi connectivity index (χ2n) is 3.30. The molecule has 0 bridgehead atoms. The summed E-state index contributed by atoms with van der Waals surface area (Å²) in [6.45, 7) is 0. The van der Waals surface area contributed by atoms with Gasteiger partial charge >= 0.3 is 6.03 Å². The summed E-state index contributed by atoms with van der Waals surface area (Å²) < 4.78 is 26.4. The van der Waals surface area contributed by atoms with E-state index in [9.17, 15) is 13.4 Å². The highest BCUT2D eigenvalue weighted by Gasteiger charge is 2.08. The average molecular weight is 245 g/mol. The second-order valence-corrected chi connectivity index (χ2v) is 5.51. The summed E-state index contributed by atoms with van der Waals surface area (Å²) in [5, 5.41) is 2.18. The number of benzene rings is 1. The fraction of sp³-hybridized carbons (Fsp3) is 0.111. The van der Waals surface area contributed by atoms with Crippen LogP contribution in [0, 0.1) is 5.82 Å². The van der Waals surface area contributed by atoms with Crippen LogP contribution >= 0.6 is 0 Å². The lowest BCUT2D eigenvalue weighted by atomic mass is 10.3. The fourth-order valence-corrected chi connectivity index (χ4v) is 1.43. The third-order valence-corrected chi connectivity index (χ3v) is 2.16. The molecule has 0 spiro atoms. The minimum absolute atomic E-state index is 0.0823. The van der Waals surface area contributed by atoms with Crippen LogP contribution in [0.25, 0.3) is 0 Å². The summed E-state index contributed by atoms with van der Waals surface area (Å²) in [4.78, 5) is 11.2. The molecule has 0 heterocycles. The Morgan fingerprint density at radius 1 is 1.56 bits per heavy atom. The van der Waals surface area contributed by atoms with E-state index in [1.807, 2.05) is 0 Å². The molecule has 1 aromatic carbocycles. The molecule has 1 atom stereocenters. The number of anilines is 2. The fourth-order valence-electron chi connectivity index (χ4n) is 0.983. The lowest BCUT2D eigenvalue weighted by Crippen LogP contribution is -2.33. The molecule has 4 N–H and O–H groups in total. The van der Waals surface area contributed by atoms with Crippen molar-refractivity contribution < 1.29 is 13.4 Å². The maximum Gasteiger partial charge on any atom is 0.330 e. The topological polar surface area (TPSA) is 84.2 Å². The number of nitrogens with one attached hydrogen (secondary N) is 2. The molecule has 1 rings (SSSR count). The summed E-state index contributed by atoms with van der Waals surface area (Å²) in [6.07, 6.45) is 1.25. The van der Waals surface area contributed by atoms with Gasteiger partial charge in [-0.15, -0.1) is 0 Å². The molecular weight excluding hydrogens is 233 g/mol. The van der Waals surface area contributed by atoms with E-state index in [2.05, 4.69) is 15.9 Å². The summed E-state index contributed by atoms with van der Waals surface area (Å²) in [6, 6.07) is 2.95. The van der Waals surface area contributed by atoms with Crippen molar-refractivity contribution in [2.75, 3.05) is 17.3 Å². The Kier molecular flexibility index (Phi) is 3.38. The van der Waals surface area contributed by atoms with Gasteiger partial charge in [-0.05, 0) is 24.1 Å². The highest BCUT2D eigenvalue weighted by Crippen LogP contribution is 2.16. The molecule has 1 unspecified atom stereocenters. The third kappa shape index (κ3) is 3.77. The van der Waals surface area contributed by atoms with Gasteiger partial charge in [0.2, 0.25) is 0 Å². The van der Waals surface area contributed by atoms with Crippen LogP contribution in [0.2, 0.25) is 0 Å². The molecule has 88 valence electrons. The van der Waals surface area contributed by atoms with Crippen LogP contribution in [0.5, 0.6) is 0 Å². The first-order chi connectivity index (χ1) is 7.28. The largest absolute Gasteiger partial charge is 0.399 e. The normalized spacial score (nSPS) is 13.9. The van der Waals surface area contributed by atoms with Gasteiger partial charge in [-0.3, -0.25) is 4.72 Å². The summed E-state index contributed by atoms with van der Waals surface area (Å²) in [5.41, 5.74) is 5.65. The molecule has 0 fully saturated rings. The van der Waals surface area contributed by atoms with E-state index in [4.69, 9.17) is 5.73 Å². The lowest BCUT2D eigenvalue weighted by molar-refractivity contribution is 0.257. The van der Waals surface area contributed by atoms with Gasteiger partial charge in [0, 0.05) is 21.7 Å². The minimum atomic E-state index is -2.68. The van der Waals surface area contributed by atoms with Crippen molar-refractivity contribution in [3.05, 3.63) is 24.0 Å². The Labute approximate surface area is 93.0 Å². The van der Waals surface area contributed by atoms with Crippen LogP contribution in [0.1, 0.15) is 0 Å². The molecule has 1 aromatic rings. The van der Waals surface area contributed by atoms with Gasteiger partial charge in [0.25, 0.3) is 0 Å². The van der Waals surface area contributed by atoms with Crippen LogP contribution in [-0.2, 0) is 9.71 Å². The first kappa shape index (κ1) is 12.3. The first-order valence-corrected chi connectivity index (χ1v) is 6.37. The molecule has 0 saturated carbocycles. The summed E-state index contributed by atoms with van der Waals surface area (Å²) in [5.74, 6) is 2.60. The number of nitrogen functional groups attached to an aromatic ring is 1. The van der Waals surface area contributed by atoms with Crippen molar-refractivity contribution in [1.29, 1.82) is 0 Å². The first-order valence-electron chi connectivity index (χ1n) is 4.24. The van der Waals surface area contributed by atoms with Crippen LogP contribution < -0.4 is 15.8 Å². The SMILES string of the molecule is C=S(C)(=O)NC(=O)Nc1cc(N)ccc1F. The smallest absolute Gasteiger partial charge is 0.330 e. The average Bonchev–Trinajstić information content (AvgIpc) is 2.08. The molecule has 0 aliphatic heterocycles. The Balaban J connectivity index is 2.81. The maximum atomic E-state index is 13.2. The van der Waals surface area contributed by atoms with Crippen molar-refractivity contribution >= 4 is 33.0 Å². The number of hydrogen-bond acceptors (Lipinski definition) is 3. The van der Waals surface area contributed by atoms with E-state index in [0.717, 1.165) is 6.07 Å². The van der Waals surface area contributed by atoms with E-state index in [0.29, 0.717) is 5.69 Å². The molecule has 0 aliphatic rings. The number of urea groups is 1. The van der Waals surface area contributed by atoms with Crippen LogP contribution in [0.4, 0.5) is 20.6 Å². The Bertz CT molecular complexity index is 513. The van der Waals surface area contributed by atoms with Crippen molar-refractivity contribution in [1.82, 2.24) is 4.72 Å². The maximum absolute atomic E-state index is 13.2. The van der Waals surface area contributed by atoms with E-state index in [-0.39, 0.29) is 5.69 Å². The van der Waals surface area contributed by atoms with Crippen LogP contribution in [-0.4, -0.2) is 22.4 Å². The molecule has 0 aromatic heterocycles. The lowest BCUT2D eigenvalue weighted by Gasteiger charge is -2.09. The number of hydrogen-bond donors (Lipinski definition) is 3. The zero-order valence-corrected chi connectivity index (χ0v) is 9.44. The number of nitrogens with two attached hydrogens (primary N) is 1. The second kappa shape index (κ2) is 4.40. The van der Waals surface area contributed by atoms with E-state index in [1.54, 1.807) is 0 Å². The Hall–Kier alpha value is -1.76. The summed E-state index contributed by atoms with van der Waals surface area (Å²) >= 11 is 0. The molecule has 5 nitrogen and oxygen atoms in total. The van der Waals surface area contributed by atoms with Gasteiger partial charge in [-0.25, -0.2) is 13.4 Å². The Morgan fingerprint density at radius 3 is 2.75 bits per heavy atom. The van der Waals surface area contributed by atoms with Crippen molar-refractivity contribution in [3.8, 4) is 0 Å². The van der Waals surface area contributed by atoms with Gasteiger partial charge < -0.3 is 11.1 Å². The van der Waals surface area contributed by atoms with Gasteiger partial charge in [0.1, 0.15) is 5.82 Å². The number of halogens is 1. The predicted molar refractivity (Wildman–Crippen MR) is 64.2 cm³/mol. The van der Waals surface area contributed by atoms with Crippen LogP contribution in [0.3, 0.4) is 0 Å². The zero-order valence-electron chi connectivity index (χ0n) is 8.62. The van der Waals surface area contributed by atoms with Crippen molar-refractivity contribution in [2.45, 2.75) is 0 Å². The van der Waals surface area contributed by atoms with Gasteiger partial charge in [0.05, 0.1) is 5.69 Å². The quantitative estimate of drug-likeness (QED) is 0.532. The highest BCUT2D eigenvalue weighted by molar-refractivity contribution is 7.98. The van der Waals surface area contributed by atoms with Crippen molar-refractivity contribution in [3.63, 3.8) is 0 Å². The molecule has 16 heavy (non-hydrogen) atoms. The molecule has 0 saturated heterocycles. The number of rotatable bonds is 2. The minimum Gasteiger partial charge on any atom is -0.399 e. The predicted octanol–water partition coefficient (Wildman–Crippen LogP) is 0.791. The van der Waals surface area contributed by atoms with Gasteiger partial charge in [0.15, 0.2) is 0 Å². The number of carbonyl (C=O) groups excluding carboxylic acids is 1. The Morgan fingerprint density at radius 2 is 2.19 bits per heavy atom. The molecular formula is C9H12FN3O2S. The summed E-state index contributed by atoms with van der Waals surface area (Å²) in [7, 11) is -2.68. The standard InChI is InChI=1S/C9H12FN3O2S/c1-16(2,15)13-9(14)12-8-5-6(11)3-4-7(8)10/h3-5H,1,11H2,2H3,(H2,12,13,14,15). The van der Waals surface area contributed by atoms with E-state index in [1.165, 1.54) is 18.4 Å². The molecule has 0 radical (unpaired) electrons. The van der Waals surface area contributed by atoms with E-state index >= 15 is 0 Å². The van der Waals surface area contributed by atoms with Gasteiger partial charge in [-0.2, -0.15) is 0 Å². The number of carbonyl (C=O) groups is 1. The van der Waals surface area contributed by atoms with Gasteiger partial charge in [-0.1, -0.05) is 0 Å².